The molecule has 160 valence electrons. The molecule has 0 heterocycles. The van der Waals surface area contributed by atoms with E-state index in [1.54, 1.807) is 20.8 Å². The number of carbonyl (C=O) groups excluding carboxylic acids is 5. The molecule has 0 fully saturated rings. The molecule has 0 aromatic rings. The van der Waals surface area contributed by atoms with Crippen LogP contribution in [0.5, 0.6) is 0 Å². The summed E-state index contributed by atoms with van der Waals surface area (Å²) in [5.41, 5.74) is 4.35. The molecule has 28 heavy (non-hydrogen) atoms. The van der Waals surface area contributed by atoms with Crippen molar-refractivity contribution in [1.82, 2.24) is 16.0 Å². The van der Waals surface area contributed by atoms with Crippen LogP contribution in [0.2, 0.25) is 0 Å². The summed E-state index contributed by atoms with van der Waals surface area (Å²) in [6, 6.07) is -3.12. The molecule has 0 aliphatic heterocycles. The first kappa shape index (κ1) is 25.1. The van der Waals surface area contributed by atoms with Crippen LogP contribution in [0.25, 0.3) is 0 Å². The normalized spacial score (nSPS) is 14.1. The number of rotatable bonds is 9. The fourth-order valence-corrected chi connectivity index (χ4v) is 1.95. The topological polar surface area (TPSA) is 166 Å². The highest BCUT2D eigenvalue weighted by molar-refractivity contribution is 5.93. The summed E-state index contributed by atoms with van der Waals surface area (Å²) in [4.78, 5) is 58.9. The smallest absolute Gasteiger partial charge is 0.408 e. The lowest BCUT2D eigenvalue weighted by atomic mass is 10.1. The van der Waals surface area contributed by atoms with Gasteiger partial charge in [0, 0.05) is 6.42 Å². The first-order chi connectivity index (χ1) is 12.8. The van der Waals surface area contributed by atoms with Gasteiger partial charge in [-0.1, -0.05) is 0 Å². The van der Waals surface area contributed by atoms with Gasteiger partial charge in [-0.3, -0.25) is 14.4 Å². The molecule has 0 saturated carbocycles. The molecule has 4 amide bonds. The second-order valence-electron chi connectivity index (χ2n) is 7.19. The average molecular weight is 402 g/mol. The van der Waals surface area contributed by atoms with Crippen LogP contribution in [0.1, 0.15) is 47.5 Å². The van der Waals surface area contributed by atoms with Crippen molar-refractivity contribution in [2.75, 3.05) is 7.11 Å². The van der Waals surface area contributed by atoms with Gasteiger partial charge in [0.25, 0.3) is 0 Å². The van der Waals surface area contributed by atoms with E-state index in [0.29, 0.717) is 0 Å². The molecule has 0 unspecified atom stereocenters. The highest BCUT2D eigenvalue weighted by Crippen LogP contribution is 2.07. The van der Waals surface area contributed by atoms with Crippen molar-refractivity contribution in [3.8, 4) is 0 Å². The van der Waals surface area contributed by atoms with Crippen LogP contribution in [0.15, 0.2) is 0 Å². The first-order valence-electron chi connectivity index (χ1n) is 8.73. The largest absolute Gasteiger partial charge is 0.467 e. The van der Waals surface area contributed by atoms with Crippen LogP contribution < -0.4 is 21.7 Å². The van der Waals surface area contributed by atoms with Crippen LogP contribution in [-0.2, 0) is 28.7 Å². The maximum Gasteiger partial charge on any atom is 0.408 e. The van der Waals surface area contributed by atoms with Crippen molar-refractivity contribution in [3.63, 3.8) is 0 Å². The predicted octanol–water partition coefficient (Wildman–Crippen LogP) is -0.672. The minimum atomic E-state index is -1.14. The number of methoxy groups -OCH3 is 1. The van der Waals surface area contributed by atoms with Crippen LogP contribution in [0, 0.1) is 0 Å². The van der Waals surface area contributed by atoms with Gasteiger partial charge in [-0.05, 0) is 41.0 Å². The zero-order valence-electron chi connectivity index (χ0n) is 17.1. The zero-order valence-corrected chi connectivity index (χ0v) is 17.1. The Morgan fingerprint density at radius 1 is 0.929 bits per heavy atom. The quantitative estimate of drug-likeness (QED) is 0.371. The number of amides is 4. The van der Waals surface area contributed by atoms with Gasteiger partial charge in [-0.25, -0.2) is 9.59 Å². The van der Waals surface area contributed by atoms with E-state index >= 15 is 0 Å². The number of nitrogens with one attached hydrogen (secondary N) is 3. The zero-order chi connectivity index (χ0) is 22.1. The number of hydrogen-bond acceptors (Lipinski definition) is 7. The van der Waals surface area contributed by atoms with E-state index in [2.05, 4.69) is 20.7 Å². The van der Waals surface area contributed by atoms with Crippen molar-refractivity contribution in [2.45, 2.75) is 71.2 Å². The van der Waals surface area contributed by atoms with Crippen molar-refractivity contribution in [1.29, 1.82) is 0 Å². The number of alkyl carbamates (subject to hydrolysis) is 1. The summed E-state index contributed by atoms with van der Waals surface area (Å²) in [7, 11) is 1.17. The second kappa shape index (κ2) is 11.1. The number of nitrogens with two attached hydrogens (primary N) is 1. The summed E-state index contributed by atoms with van der Waals surface area (Å²) >= 11 is 0. The molecule has 11 heteroatoms. The van der Waals surface area contributed by atoms with E-state index in [0.717, 1.165) is 0 Å². The van der Waals surface area contributed by atoms with Gasteiger partial charge in [0.1, 0.15) is 23.7 Å². The predicted molar refractivity (Wildman–Crippen MR) is 98.8 cm³/mol. The summed E-state index contributed by atoms with van der Waals surface area (Å²) in [6.45, 7) is 7.82. The van der Waals surface area contributed by atoms with Crippen LogP contribution in [-0.4, -0.2) is 60.6 Å². The Labute approximate surface area is 164 Å². The van der Waals surface area contributed by atoms with Gasteiger partial charge < -0.3 is 31.2 Å². The summed E-state index contributed by atoms with van der Waals surface area (Å²) in [6.07, 6.45) is -1.05. The molecule has 0 aromatic carbocycles. The van der Waals surface area contributed by atoms with Crippen molar-refractivity contribution in [2.24, 2.45) is 5.73 Å². The van der Waals surface area contributed by atoms with Gasteiger partial charge in [-0.2, -0.15) is 0 Å². The van der Waals surface area contributed by atoms with E-state index in [1.807, 2.05) is 0 Å². The Morgan fingerprint density at radius 2 is 1.50 bits per heavy atom. The van der Waals surface area contributed by atoms with Crippen molar-refractivity contribution < 1.29 is 33.4 Å². The third kappa shape index (κ3) is 10.3. The molecule has 0 radical (unpaired) electrons. The molecular formula is C17H30N4O7. The third-order valence-electron chi connectivity index (χ3n) is 3.35. The van der Waals surface area contributed by atoms with E-state index in [4.69, 9.17) is 10.5 Å². The van der Waals surface area contributed by atoms with E-state index in [-0.39, 0.29) is 12.8 Å². The Bertz CT molecular complexity index is 601. The van der Waals surface area contributed by atoms with Gasteiger partial charge in [0.15, 0.2) is 0 Å². The highest BCUT2D eigenvalue weighted by Gasteiger charge is 2.28. The SMILES string of the molecule is COC(=O)[C@H](C)NC(=O)[C@H](CCC(N)=O)NC(=O)[C@H](C)NC(=O)OC(C)(C)C. The van der Waals surface area contributed by atoms with Crippen LogP contribution >= 0.6 is 0 Å². The van der Waals surface area contributed by atoms with Gasteiger partial charge in [-0.15, -0.1) is 0 Å². The summed E-state index contributed by atoms with van der Waals surface area (Å²) < 4.78 is 9.58. The Kier molecular flexibility index (Phi) is 9.97. The Morgan fingerprint density at radius 3 is 1.96 bits per heavy atom. The maximum absolute atomic E-state index is 12.4. The number of carbonyl (C=O) groups is 5. The number of hydrogen-bond donors (Lipinski definition) is 4. The average Bonchev–Trinajstić information content (AvgIpc) is 2.55. The minimum absolute atomic E-state index is 0.0834. The van der Waals surface area contributed by atoms with Crippen LogP contribution in [0.3, 0.4) is 0 Å². The van der Waals surface area contributed by atoms with Gasteiger partial charge in [0.05, 0.1) is 7.11 Å². The Balaban J connectivity index is 4.99. The van der Waals surface area contributed by atoms with E-state index in [9.17, 15) is 24.0 Å². The molecule has 0 bridgehead atoms. The molecular weight excluding hydrogens is 372 g/mol. The molecule has 3 atom stereocenters. The van der Waals surface area contributed by atoms with E-state index < -0.39 is 53.5 Å². The number of primary amides is 1. The van der Waals surface area contributed by atoms with Crippen molar-refractivity contribution >= 4 is 29.8 Å². The van der Waals surface area contributed by atoms with Crippen LogP contribution in [0.4, 0.5) is 4.79 Å². The lowest BCUT2D eigenvalue weighted by Gasteiger charge is -2.24. The first-order valence-corrected chi connectivity index (χ1v) is 8.73. The molecule has 0 rings (SSSR count). The minimum Gasteiger partial charge on any atom is -0.467 e. The molecule has 0 aromatic heterocycles. The molecule has 11 nitrogen and oxygen atoms in total. The van der Waals surface area contributed by atoms with Crippen molar-refractivity contribution in [3.05, 3.63) is 0 Å². The number of ether oxygens (including phenoxy) is 2. The van der Waals surface area contributed by atoms with Gasteiger partial charge in [0.2, 0.25) is 17.7 Å². The highest BCUT2D eigenvalue weighted by atomic mass is 16.6. The maximum atomic E-state index is 12.4. The van der Waals surface area contributed by atoms with E-state index in [1.165, 1.54) is 21.0 Å². The second-order valence-corrected chi connectivity index (χ2v) is 7.19. The molecule has 5 N–H and O–H groups in total. The molecule has 0 aliphatic rings. The third-order valence-corrected chi connectivity index (χ3v) is 3.35. The monoisotopic (exact) mass is 402 g/mol. The fourth-order valence-electron chi connectivity index (χ4n) is 1.95. The Hall–Kier alpha value is -2.85. The summed E-state index contributed by atoms with van der Waals surface area (Å²) in [5.74, 6) is -2.71. The van der Waals surface area contributed by atoms with Gasteiger partial charge >= 0.3 is 12.1 Å². The molecule has 0 spiro atoms. The lowest BCUT2D eigenvalue weighted by molar-refractivity contribution is -0.145. The fraction of sp³-hybridized carbons (Fsp3) is 0.706. The standard InChI is InChI=1S/C17H30N4O7/c1-9(20-16(26)28-17(3,4)5)13(23)21-11(7-8-12(18)22)14(24)19-10(2)15(25)27-6/h9-11H,7-8H2,1-6H3,(H2,18,22)(H,19,24)(H,20,26)(H,21,23)/t9-,10-,11-/m0/s1. The lowest BCUT2D eigenvalue weighted by Crippen LogP contribution is -2.55. The molecule has 0 saturated heterocycles. The summed E-state index contributed by atoms with van der Waals surface area (Å²) in [5, 5.41) is 7.14. The molecule has 0 aliphatic carbocycles. The number of esters is 1.